The predicted molar refractivity (Wildman–Crippen MR) is 154 cm³/mol. The molecule has 1 aromatic heterocycles. The van der Waals surface area contributed by atoms with E-state index in [2.05, 4.69) is 31.3 Å². The van der Waals surface area contributed by atoms with Gasteiger partial charge in [0, 0.05) is 37.8 Å². The van der Waals surface area contributed by atoms with E-state index in [1.807, 2.05) is 13.8 Å². The topological polar surface area (TPSA) is 129 Å². The van der Waals surface area contributed by atoms with Gasteiger partial charge in [-0.25, -0.2) is 4.98 Å². The van der Waals surface area contributed by atoms with Crippen LogP contribution in [0.2, 0.25) is 10.0 Å². The number of nitrogens with zero attached hydrogens (tertiary/aromatic N) is 4. The summed E-state index contributed by atoms with van der Waals surface area (Å²) in [5, 5.41) is 19.6. The molecule has 0 saturated heterocycles. The van der Waals surface area contributed by atoms with Crippen molar-refractivity contribution in [1.29, 1.82) is 0 Å². The Bertz CT molecular complexity index is 1670. The fourth-order valence-electron chi connectivity index (χ4n) is 3.63. The van der Waals surface area contributed by atoms with Crippen LogP contribution in [-0.4, -0.2) is 33.3 Å². The van der Waals surface area contributed by atoms with Gasteiger partial charge in [0.1, 0.15) is 5.82 Å². The number of halogens is 3. The molecule has 0 unspecified atom stereocenters. The van der Waals surface area contributed by atoms with Crippen LogP contribution >= 0.6 is 39.1 Å². The monoisotopic (exact) mass is 631 g/mol. The number of nitro groups is 1. The Morgan fingerprint density at radius 3 is 2.56 bits per heavy atom. The molecule has 0 fully saturated rings. The lowest BCUT2D eigenvalue weighted by molar-refractivity contribution is -0.385. The highest BCUT2D eigenvalue weighted by molar-refractivity contribution is 9.10. The second kappa shape index (κ2) is 11.9. The van der Waals surface area contributed by atoms with Crippen LogP contribution in [-0.2, 0) is 4.79 Å². The molecule has 1 N–H and O–H groups in total. The molecule has 13 heteroatoms. The SMILES string of the molecule is CC(C)c1nc2ccc(Br)cc2c(=O)n1N=Cc1cc(Cl)cc([N+](=O)[O-])c1OCC(=O)Nc1ccc(Cl)cc1. The summed E-state index contributed by atoms with van der Waals surface area (Å²) < 4.78 is 7.41. The number of rotatable bonds is 8. The third-order valence-electron chi connectivity index (χ3n) is 5.40. The van der Waals surface area contributed by atoms with Gasteiger partial charge in [0.25, 0.3) is 11.5 Å². The van der Waals surface area contributed by atoms with Gasteiger partial charge >= 0.3 is 5.69 Å². The van der Waals surface area contributed by atoms with Crippen LogP contribution in [0, 0.1) is 10.1 Å². The van der Waals surface area contributed by atoms with Crippen LogP contribution in [0.25, 0.3) is 10.9 Å². The lowest BCUT2D eigenvalue weighted by Crippen LogP contribution is -2.23. The number of carbonyl (C=O) groups is 1. The first kappa shape index (κ1) is 28.2. The van der Waals surface area contributed by atoms with Gasteiger partial charge in [-0.2, -0.15) is 9.78 Å². The molecule has 0 radical (unpaired) electrons. The highest BCUT2D eigenvalue weighted by Gasteiger charge is 2.22. The number of ether oxygens (including phenoxy) is 1. The summed E-state index contributed by atoms with van der Waals surface area (Å²) in [6, 6.07) is 14.0. The lowest BCUT2D eigenvalue weighted by atomic mass is 10.1. The van der Waals surface area contributed by atoms with Crippen molar-refractivity contribution in [1.82, 2.24) is 9.66 Å². The molecule has 39 heavy (non-hydrogen) atoms. The summed E-state index contributed by atoms with van der Waals surface area (Å²) in [5.41, 5.74) is 0.163. The number of amides is 1. The third kappa shape index (κ3) is 6.62. The van der Waals surface area contributed by atoms with Crippen molar-refractivity contribution in [2.24, 2.45) is 5.10 Å². The van der Waals surface area contributed by atoms with Crippen molar-refractivity contribution < 1.29 is 14.5 Å². The minimum Gasteiger partial charge on any atom is -0.476 e. The summed E-state index contributed by atoms with van der Waals surface area (Å²) in [4.78, 5) is 41.5. The van der Waals surface area contributed by atoms with Crippen molar-refractivity contribution in [2.75, 3.05) is 11.9 Å². The van der Waals surface area contributed by atoms with Crippen LogP contribution in [0.15, 0.2) is 69.0 Å². The molecular formula is C26H20BrCl2N5O5. The predicted octanol–water partition coefficient (Wildman–Crippen LogP) is 6.40. The van der Waals surface area contributed by atoms with Gasteiger partial charge in [0.2, 0.25) is 5.75 Å². The number of nitrogens with one attached hydrogen (secondary N) is 1. The van der Waals surface area contributed by atoms with Crippen molar-refractivity contribution >= 4 is 73.5 Å². The van der Waals surface area contributed by atoms with Gasteiger partial charge in [-0.05, 0) is 48.5 Å². The molecule has 1 heterocycles. The van der Waals surface area contributed by atoms with Crippen LogP contribution in [0.5, 0.6) is 5.75 Å². The van der Waals surface area contributed by atoms with E-state index in [0.717, 1.165) is 10.7 Å². The van der Waals surface area contributed by atoms with E-state index in [0.29, 0.717) is 31.9 Å². The number of aromatic nitrogens is 2. The van der Waals surface area contributed by atoms with E-state index < -0.39 is 28.7 Å². The van der Waals surface area contributed by atoms with E-state index in [-0.39, 0.29) is 22.3 Å². The second-order valence-electron chi connectivity index (χ2n) is 8.59. The molecule has 0 aliphatic carbocycles. The summed E-state index contributed by atoms with van der Waals surface area (Å²) in [6.45, 7) is 3.17. The molecule has 0 bridgehead atoms. The van der Waals surface area contributed by atoms with Gasteiger partial charge in [-0.1, -0.05) is 53.0 Å². The van der Waals surface area contributed by atoms with Crippen LogP contribution < -0.4 is 15.6 Å². The van der Waals surface area contributed by atoms with E-state index in [9.17, 15) is 19.7 Å². The molecule has 200 valence electrons. The molecule has 1 amide bonds. The number of hydrogen-bond acceptors (Lipinski definition) is 7. The Labute approximate surface area is 240 Å². The van der Waals surface area contributed by atoms with E-state index >= 15 is 0 Å². The zero-order chi connectivity index (χ0) is 28.3. The molecule has 0 aliphatic heterocycles. The average molecular weight is 633 g/mol. The maximum atomic E-state index is 13.3. The minimum absolute atomic E-state index is 0.0399. The molecule has 4 rings (SSSR count). The number of anilines is 1. The summed E-state index contributed by atoms with van der Waals surface area (Å²) in [5.74, 6) is -0.599. The van der Waals surface area contributed by atoms with Crippen LogP contribution in [0.1, 0.15) is 31.2 Å². The van der Waals surface area contributed by atoms with Crippen molar-refractivity contribution in [3.05, 3.63) is 101 Å². The first-order chi connectivity index (χ1) is 18.5. The molecule has 10 nitrogen and oxygen atoms in total. The summed E-state index contributed by atoms with van der Waals surface area (Å²) in [6.07, 6.45) is 1.21. The van der Waals surface area contributed by atoms with Crippen LogP contribution in [0.3, 0.4) is 0 Å². The van der Waals surface area contributed by atoms with Crippen molar-refractivity contribution in [2.45, 2.75) is 19.8 Å². The molecule has 4 aromatic rings. The molecular weight excluding hydrogens is 613 g/mol. The number of hydrogen-bond donors (Lipinski definition) is 1. The fourth-order valence-corrected chi connectivity index (χ4v) is 4.34. The Hall–Kier alpha value is -3.80. The van der Waals surface area contributed by atoms with E-state index in [4.69, 9.17) is 27.9 Å². The fraction of sp³-hybridized carbons (Fsp3) is 0.154. The van der Waals surface area contributed by atoms with E-state index in [1.54, 1.807) is 42.5 Å². The van der Waals surface area contributed by atoms with Crippen LogP contribution in [0.4, 0.5) is 11.4 Å². The number of benzene rings is 3. The largest absolute Gasteiger partial charge is 0.476 e. The molecule has 0 aliphatic rings. The normalized spacial score (nSPS) is 11.3. The highest BCUT2D eigenvalue weighted by atomic mass is 79.9. The standard InChI is InChI=1S/C26H20BrCl2N5O5/c1-14(2)25-32-21-8-3-16(27)10-20(21)26(36)33(25)30-12-15-9-18(29)11-22(34(37)38)24(15)39-13-23(35)31-19-6-4-17(28)5-7-19/h3-12,14H,13H2,1-2H3,(H,31,35). The third-order valence-corrected chi connectivity index (χ3v) is 6.36. The lowest BCUT2D eigenvalue weighted by Gasteiger charge is -2.13. The Kier molecular flexibility index (Phi) is 8.63. The Morgan fingerprint density at radius 1 is 1.18 bits per heavy atom. The highest BCUT2D eigenvalue weighted by Crippen LogP contribution is 2.34. The number of carbonyl (C=O) groups excluding carboxylic acids is 1. The Morgan fingerprint density at radius 2 is 1.90 bits per heavy atom. The summed E-state index contributed by atoms with van der Waals surface area (Å²) in [7, 11) is 0. The van der Waals surface area contributed by atoms with Gasteiger partial charge in [0.05, 0.1) is 22.0 Å². The zero-order valence-electron chi connectivity index (χ0n) is 20.5. The minimum atomic E-state index is -0.684. The van der Waals surface area contributed by atoms with Gasteiger partial charge < -0.3 is 10.1 Å². The Balaban J connectivity index is 1.72. The van der Waals surface area contributed by atoms with E-state index in [1.165, 1.54) is 12.3 Å². The number of fused-ring (bicyclic) bond motifs is 1. The van der Waals surface area contributed by atoms with Crippen molar-refractivity contribution in [3.63, 3.8) is 0 Å². The van der Waals surface area contributed by atoms with Crippen molar-refractivity contribution in [3.8, 4) is 5.75 Å². The maximum Gasteiger partial charge on any atom is 0.313 e. The molecule has 0 atom stereocenters. The maximum absolute atomic E-state index is 13.3. The first-order valence-corrected chi connectivity index (χ1v) is 13.0. The molecule has 3 aromatic carbocycles. The van der Waals surface area contributed by atoms with Gasteiger partial charge in [-0.15, -0.1) is 0 Å². The molecule has 0 saturated carbocycles. The smallest absolute Gasteiger partial charge is 0.313 e. The summed E-state index contributed by atoms with van der Waals surface area (Å²) >= 11 is 15.4. The zero-order valence-corrected chi connectivity index (χ0v) is 23.6. The first-order valence-electron chi connectivity index (χ1n) is 11.5. The van der Waals surface area contributed by atoms with Gasteiger partial charge in [0.15, 0.2) is 6.61 Å². The second-order valence-corrected chi connectivity index (χ2v) is 10.4. The van der Waals surface area contributed by atoms with Gasteiger partial charge in [-0.3, -0.25) is 19.7 Å². The molecule has 0 spiro atoms. The number of nitro benzene ring substituents is 1. The average Bonchev–Trinajstić information content (AvgIpc) is 2.88. The quantitative estimate of drug-likeness (QED) is 0.136.